The smallest absolute Gasteiger partial charge is 0.0959 e. The van der Waals surface area contributed by atoms with Crippen molar-refractivity contribution in [2.75, 3.05) is 6.54 Å². The van der Waals surface area contributed by atoms with Crippen molar-refractivity contribution in [2.45, 2.75) is 72.3 Å². The van der Waals surface area contributed by atoms with Gasteiger partial charge < -0.3 is 5.32 Å². The highest BCUT2D eigenvalue weighted by molar-refractivity contribution is 7.11. The Balaban J connectivity index is 2.94. The zero-order chi connectivity index (χ0) is 13.8. The van der Waals surface area contributed by atoms with E-state index in [1.807, 2.05) is 11.3 Å². The van der Waals surface area contributed by atoms with Crippen molar-refractivity contribution in [1.29, 1.82) is 0 Å². The van der Waals surface area contributed by atoms with E-state index in [0.29, 0.717) is 5.92 Å². The van der Waals surface area contributed by atoms with Crippen LogP contribution in [0.3, 0.4) is 0 Å². The molecule has 1 N–H and O–H groups in total. The maximum absolute atomic E-state index is 4.91. The van der Waals surface area contributed by atoms with Crippen LogP contribution in [0.1, 0.15) is 75.9 Å². The monoisotopic (exact) mass is 268 g/mol. The summed E-state index contributed by atoms with van der Waals surface area (Å²) in [5, 5.41) is 4.81. The Labute approximate surface area is 116 Å². The Bertz CT molecular complexity index is 363. The molecule has 0 bridgehead atoms. The summed E-state index contributed by atoms with van der Waals surface area (Å²) in [6.07, 6.45) is 2.35. The highest BCUT2D eigenvalue weighted by Gasteiger charge is 2.24. The van der Waals surface area contributed by atoms with Gasteiger partial charge in [-0.3, -0.25) is 0 Å². The fourth-order valence-corrected chi connectivity index (χ4v) is 3.22. The van der Waals surface area contributed by atoms with Gasteiger partial charge in [-0.05, 0) is 19.4 Å². The first-order chi connectivity index (χ1) is 8.40. The van der Waals surface area contributed by atoms with E-state index in [0.717, 1.165) is 13.1 Å². The normalized spacial score (nSPS) is 13.9. The molecule has 1 aromatic heterocycles. The fourth-order valence-electron chi connectivity index (χ4n) is 1.84. The maximum Gasteiger partial charge on any atom is 0.0959 e. The Kier molecular flexibility index (Phi) is 5.80. The highest BCUT2D eigenvalue weighted by atomic mass is 32.1. The molecule has 0 spiro atoms. The van der Waals surface area contributed by atoms with Crippen molar-refractivity contribution in [1.82, 2.24) is 10.3 Å². The van der Waals surface area contributed by atoms with Crippen molar-refractivity contribution in [2.24, 2.45) is 0 Å². The zero-order valence-electron chi connectivity index (χ0n) is 12.8. The molecule has 0 saturated heterocycles. The summed E-state index contributed by atoms with van der Waals surface area (Å²) in [4.78, 5) is 6.33. The zero-order valence-corrected chi connectivity index (χ0v) is 13.6. The van der Waals surface area contributed by atoms with Crippen molar-refractivity contribution in [3.8, 4) is 0 Å². The van der Waals surface area contributed by atoms with Gasteiger partial charge in [0.05, 0.1) is 10.7 Å². The SMILES string of the molecule is CCCNCc1sc(C(C)CC)nc1C(C)(C)C. The third kappa shape index (κ3) is 4.06. The average molecular weight is 268 g/mol. The molecule has 2 nitrogen and oxygen atoms in total. The van der Waals surface area contributed by atoms with Crippen LogP contribution in [0.25, 0.3) is 0 Å². The van der Waals surface area contributed by atoms with Gasteiger partial charge in [0.25, 0.3) is 0 Å². The van der Waals surface area contributed by atoms with Gasteiger partial charge >= 0.3 is 0 Å². The van der Waals surface area contributed by atoms with Gasteiger partial charge in [-0.1, -0.05) is 41.5 Å². The Morgan fingerprint density at radius 2 is 1.94 bits per heavy atom. The predicted octanol–water partition coefficient (Wildman–Crippen LogP) is 4.45. The molecule has 0 radical (unpaired) electrons. The minimum Gasteiger partial charge on any atom is -0.312 e. The summed E-state index contributed by atoms with van der Waals surface area (Å²) in [5.41, 5.74) is 1.43. The van der Waals surface area contributed by atoms with Crippen LogP contribution in [0.2, 0.25) is 0 Å². The van der Waals surface area contributed by atoms with E-state index in [4.69, 9.17) is 4.98 Å². The Morgan fingerprint density at radius 3 is 2.44 bits per heavy atom. The number of rotatable bonds is 6. The molecule has 0 amide bonds. The fraction of sp³-hybridized carbons (Fsp3) is 0.800. The lowest BCUT2D eigenvalue weighted by Crippen LogP contribution is -2.19. The van der Waals surface area contributed by atoms with Crippen LogP contribution in [0, 0.1) is 0 Å². The molecule has 3 heteroatoms. The number of hydrogen-bond donors (Lipinski definition) is 1. The molecule has 1 heterocycles. The maximum atomic E-state index is 4.91. The van der Waals surface area contributed by atoms with Gasteiger partial charge in [-0.15, -0.1) is 11.3 Å². The van der Waals surface area contributed by atoms with Gasteiger partial charge in [0.15, 0.2) is 0 Å². The summed E-state index contributed by atoms with van der Waals surface area (Å²) in [6, 6.07) is 0. The predicted molar refractivity (Wildman–Crippen MR) is 81.5 cm³/mol. The van der Waals surface area contributed by atoms with E-state index in [2.05, 4.69) is 46.9 Å². The van der Waals surface area contributed by atoms with Crippen molar-refractivity contribution in [3.05, 3.63) is 15.6 Å². The first-order valence-corrected chi connectivity index (χ1v) is 7.92. The molecule has 0 saturated carbocycles. The van der Waals surface area contributed by atoms with Crippen LogP contribution in [-0.4, -0.2) is 11.5 Å². The molecule has 0 aromatic carbocycles. The lowest BCUT2D eigenvalue weighted by Gasteiger charge is -2.17. The number of thiazole rings is 1. The third-order valence-electron chi connectivity index (χ3n) is 3.17. The van der Waals surface area contributed by atoms with Crippen LogP contribution in [0.5, 0.6) is 0 Å². The van der Waals surface area contributed by atoms with Crippen LogP contribution in [0.15, 0.2) is 0 Å². The molecule has 0 fully saturated rings. The lowest BCUT2D eigenvalue weighted by molar-refractivity contribution is 0.554. The average Bonchev–Trinajstić information content (AvgIpc) is 2.72. The number of nitrogens with zero attached hydrogens (tertiary/aromatic N) is 1. The number of aromatic nitrogens is 1. The molecule has 1 unspecified atom stereocenters. The van der Waals surface area contributed by atoms with E-state index < -0.39 is 0 Å². The Hall–Kier alpha value is -0.410. The first-order valence-electron chi connectivity index (χ1n) is 7.10. The van der Waals surface area contributed by atoms with E-state index in [1.165, 1.54) is 28.4 Å². The number of nitrogens with one attached hydrogen (secondary N) is 1. The molecule has 104 valence electrons. The first kappa shape index (κ1) is 15.6. The van der Waals surface area contributed by atoms with Gasteiger partial charge in [0, 0.05) is 22.8 Å². The molecule has 0 aliphatic heterocycles. The van der Waals surface area contributed by atoms with Gasteiger partial charge in [-0.2, -0.15) is 0 Å². The molecule has 18 heavy (non-hydrogen) atoms. The summed E-state index contributed by atoms with van der Waals surface area (Å²) in [6.45, 7) is 15.5. The minimum absolute atomic E-state index is 0.144. The molecule has 1 aromatic rings. The summed E-state index contributed by atoms with van der Waals surface area (Å²) >= 11 is 1.90. The largest absolute Gasteiger partial charge is 0.312 e. The van der Waals surface area contributed by atoms with Crippen molar-refractivity contribution >= 4 is 11.3 Å². The second-order valence-electron chi connectivity index (χ2n) is 6.06. The van der Waals surface area contributed by atoms with Crippen LogP contribution < -0.4 is 5.32 Å². The highest BCUT2D eigenvalue weighted by Crippen LogP contribution is 2.33. The van der Waals surface area contributed by atoms with Gasteiger partial charge in [0.2, 0.25) is 0 Å². The standard InChI is InChI=1S/C15H28N2S/c1-7-9-16-10-12-13(15(4,5)6)17-14(18-12)11(3)8-2/h11,16H,7-10H2,1-6H3. The van der Waals surface area contributed by atoms with Crippen LogP contribution >= 0.6 is 11.3 Å². The second-order valence-corrected chi connectivity index (χ2v) is 7.18. The summed E-state index contributed by atoms with van der Waals surface area (Å²) < 4.78 is 0. The van der Waals surface area contributed by atoms with Gasteiger partial charge in [0.1, 0.15) is 0 Å². The van der Waals surface area contributed by atoms with E-state index in [9.17, 15) is 0 Å². The van der Waals surface area contributed by atoms with Crippen LogP contribution in [-0.2, 0) is 12.0 Å². The summed E-state index contributed by atoms with van der Waals surface area (Å²) in [7, 11) is 0. The molecule has 0 aliphatic rings. The Morgan fingerprint density at radius 1 is 1.28 bits per heavy atom. The summed E-state index contributed by atoms with van der Waals surface area (Å²) in [5.74, 6) is 0.580. The molecular formula is C15H28N2S. The van der Waals surface area contributed by atoms with E-state index >= 15 is 0 Å². The quantitative estimate of drug-likeness (QED) is 0.771. The lowest BCUT2D eigenvalue weighted by atomic mass is 9.91. The van der Waals surface area contributed by atoms with Crippen molar-refractivity contribution < 1.29 is 0 Å². The topological polar surface area (TPSA) is 24.9 Å². The van der Waals surface area contributed by atoms with Crippen molar-refractivity contribution in [3.63, 3.8) is 0 Å². The van der Waals surface area contributed by atoms with E-state index in [1.54, 1.807) is 0 Å². The molecule has 0 aliphatic carbocycles. The van der Waals surface area contributed by atoms with Gasteiger partial charge in [-0.25, -0.2) is 4.98 Å². The number of hydrogen-bond acceptors (Lipinski definition) is 3. The second kappa shape index (κ2) is 6.67. The molecular weight excluding hydrogens is 240 g/mol. The molecule has 1 rings (SSSR count). The third-order valence-corrected chi connectivity index (χ3v) is 4.46. The van der Waals surface area contributed by atoms with E-state index in [-0.39, 0.29) is 5.41 Å². The van der Waals surface area contributed by atoms with Crippen LogP contribution in [0.4, 0.5) is 0 Å². The molecule has 1 atom stereocenters. The minimum atomic E-state index is 0.144.